The molecule has 0 amide bonds. The van der Waals surface area contributed by atoms with Crippen molar-refractivity contribution in [1.82, 2.24) is 15.1 Å². The van der Waals surface area contributed by atoms with E-state index >= 15 is 0 Å². The first kappa shape index (κ1) is 16.0. The summed E-state index contributed by atoms with van der Waals surface area (Å²) in [4.78, 5) is 10.6. The first-order valence-corrected chi connectivity index (χ1v) is 8.30. The van der Waals surface area contributed by atoms with Crippen LogP contribution in [0.5, 0.6) is 0 Å². The number of halogens is 1. The van der Waals surface area contributed by atoms with E-state index in [0.717, 1.165) is 47.7 Å². The van der Waals surface area contributed by atoms with Gasteiger partial charge in [0.25, 0.3) is 0 Å². The number of nitrogens with zero attached hydrogens (tertiary/aromatic N) is 4. The Morgan fingerprint density at radius 1 is 1.36 bits per heavy atom. The van der Waals surface area contributed by atoms with Crippen molar-refractivity contribution in [3.05, 3.63) is 47.4 Å². The molecule has 25 heavy (non-hydrogen) atoms. The highest BCUT2D eigenvalue weighted by Gasteiger charge is 2.25. The van der Waals surface area contributed by atoms with Crippen LogP contribution in [0.2, 0.25) is 0 Å². The third kappa shape index (κ3) is 3.07. The van der Waals surface area contributed by atoms with Gasteiger partial charge < -0.3 is 14.2 Å². The number of anilines is 1. The van der Waals surface area contributed by atoms with Crippen molar-refractivity contribution in [2.45, 2.75) is 33.0 Å². The fourth-order valence-corrected chi connectivity index (χ4v) is 3.24. The van der Waals surface area contributed by atoms with Crippen molar-refractivity contribution in [3.63, 3.8) is 0 Å². The Balaban J connectivity index is 1.48. The number of pyridine rings is 2. The highest BCUT2D eigenvalue weighted by molar-refractivity contribution is 5.87. The van der Waals surface area contributed by atoms with Gasteiger partial charge in [-0.15, -0.1) is 0 Å². The van der Waals surface area contributed by atoms with E-state index in [9.17, 15) is 4.39 Å². The van der Waals surface area contributed by atoms with Gasteiger partial charge in [-0.1, -0.05) is 5.16 Å². The quantitative estimate of drug-likeness (QED) is 0.726. The van der Waals surface area contributed by atoms with E-state index in [1.807, 2.05) is 19.9 Å². The SMILES string of the molecule is Cc1noc(C)c1COC1CCN(c2ccnc3cc(F)cnc23)C1. The van der Waals surface area contributed by atoms with Crippen molar-refractivity contribution in [2.24, 2.45) is 0 Å². The average Bonchev–Trinajstić information content (AvgIpc) is 3.19. The summed E-state index contributed by atoms with van der Waals surface area (Å²) in [6.07, 6.45) is 3.97. The second-order valence-corrected chi connectivity index (χ2v) is 6.32. The maximum Gasteiger partial charge on any atom is 0.143 e. The lowest BCUT2D eigenvalue weighted by Gasteiger charge is -2.19. The molecule has 0 aromatic carbocycles. The first-order valence-electron chi connectivity index (χ1n) is 8.30. The van der Waals surface area contributed by atoms with Crippen molar-refractivity contribution in [3.8, 4) is 0 Å². The van der Waals surface area contributed by atoms with Crippen LogP contribution < -0.4 is 4.90 Å². The predicted molar refractivity (Wildman–Crippen MR) is 90.9 cm³/mol. The Hall–Kier alpha value is -2.54. The van der Waals surface area contributed by atoms with Gasteiger partial charge in [-0.2, -0.15) is 0 Å². The molecule has 0 aliphatic carbocycles. The van der Waals surface area contributed by atoms with Crippen LogP contribution in [-0.4, -0.2) is 34.3 Å². The molecule has 1 fully saturated rings. The van der Waals surface area contributed by atoms with Crippen LogP contribution in [-0.2, 0) is 11.3 Å². The lowest BCUT2D eigenvalue weighted by atomic mass is 10.2. The summed E-state index contributed by atoms with van der Waals surface area (Å²) in [6, 6.07) is 3.33. The first-order chi connectivity index (χ1) is 12.1. The van der Waals surface area contributed by atoms with E-state index < -0.39 is 0 Å². The number of hydrogen-bond acceptors (Lipinski definition) is 6. The molecule has 1 saturated heterocycles. The maximum absolute atomic E-state index is 13.4. The van der Waals surface area contributed by atoms with Gasteiger partial charge in [-0.3, -0.25) is 4.98 Å². The van der Waals surface area contributed by atoms with Crippen LogP contribution >= 0.6 is 0 Å². The zero-order valence-corrected chi connectivity index (χ0v) is 14.2. The fourth-order valence-electron chi connectivity index (χ4n) is 3.24. The summed E-state index contributed by atoms with van der Waals surface area (Å²) in [7, 11) is 0. The van der Waals surface area contributed by atoms with Gasteiger partial charge in [0, 0.05) is 30.9 Å². The zero-order chi connectivity index (χ0) is 17.4. The Bertz CT molecular complexity index is 892. The molecule has 0 saturated carbocycles. The Morgan fingerprint density at radius 2 is 2.24 bits per heavy atom. The Labute approximate surface area is 144 Å². The van der Waals surface area contributed by atoms with Crippen LogP contribution in [0.25, 0.3) is 11.0 Å². The van der Waals surface area contributed by atoms with Crippen molar-refractivity contribution in [1.29, 1.82) is 0 Å². The normalized spacial score (nSPS) is 17.6. The van der Waals surface area contributed by atoms with E-state index in [1.165, 1.54) is 12.3 Å². The monoisotopic (exact) mass is 342 g/mol. The van der Waals surface area contributed by atoms with Crippen molar-refractivity contribution < 1.29 is 13.7 Å². The zero-order valence-electron chi connectivity index (χ0n) is 14.2. The second-order valence-electron chi connectivity index (χ2n) is 6.32. The second kappa shape index (κ2) is 6.40. The summed E-state index contributed by atoms with van der Waals surface area (Å²) in [5.74, 6) is 0.429. The van der Waals surface area contributed by atoms with E-state index in [1.54, 1.807) is 6.20 Å². The molecular formula is C18H19FN4O2. The molecule has 3 aromatic rings. The summed E-state index contributed by atoms with van der Waals surface area (Å²) in [5.41, 5.74) is 4.14. The van der Waals surface area contributed by atoms with Gasteiger partial charge in [0.2, 0.25) is 0 Å². The van der Waals surface area contributed by atoms with Crippen LogP contribution in [0.1, 0.15) is 23.4 Å². The standard InChI is InChI=1S/C18H19FN4O2/c1-11-15(12(2)25-22-11)10-24-14-4-6-23(9-14)17-3-5-20-16-7-13(19)8-21-18(16)17/h3,5,7-8,14H,4,6,9-10H2,1-2H3. The average molecular weight is 342 g/mol. The minimum Gasteiger partial charge on any atom is -0.371 e. The topological polar surface area (TPSA) is 64.3 Å². The smallest absolute Gasteiger partial charge is 0.143 e. The van der Waals surface area contributed by atoms with Crippen LogP contribution in [0, 0.1) is 19.7 Å². The molecule has 3 aromatic heterocycles. The lowest BCUT2D eigenvalue weighted by molar-refractivity contribution is 0.0544. The fraction of sp³-hybridized carbons (Fsp3) is 0.389. The molecule has 130 valence electrons. The van der Waals surface area contributed by atoms with Gasteiger partial charge >= 0.3 is 0 Å². The molecule has 6 nitrogen and oxygen atoms in total. The number of fused-ring (bicyclic) bond motifs is 1. The molecule has 0 bridgehead atoms. The van der Waals surface area contributed by atoms with E-state index in [4.69, 9.17) is 9.26 Å². The number of aryl methyl sites for hydroxylation is 2. The Kier molecular flexibility index (Phi) is 4.09. The minimum atomic E-state index is -0.376. The van der Waals surface area contributed by atoms with E-state index in [0.29, 0.717) is 12.1 Å². The van der Waals surface area contributed by atoms with Gasteiger partial charge in [0.05, 0.1) is 35.8 Å². The minimum absolute atomic E-state index is 0.123. The molecule has 1 atom stereocenters. The van der Waals surface area contributed by atoms with Crippen LogP contribution in [0.3, 0.4) is 0 Å². The highest BCUT2D eigenvalue weighted by Crippen LogP contribution is 2.28. The molecule has 1 aliphatic rings. The molecule has 0 radical (unpaired) electrons. The van der Waals surface area contributed by atoms with Gasteiger partial charge in [-0.05, 0) is 26.3 Å². The summed E-state index contributed by atoms with van der Waals surface area (Å²) in [6.45, 7) is 5.95. The molecule has 0 N–H and O–H groups in total. The van der Waals surface area contributed by atoms with Gasteiger partial charge in [-0.25, -0.2) is 9.37 Å². The third-order valence-electron chi connectivity index (χ3n) is 4.65. The van der Waals surface area contributed by atoms with Crippen molar-refractivity contribution in [2.75, 3.05) is 18.0 Å². The molecule has 0 spiro atoms. The van der Waals surface area contributed by atoms with Crippen molar-refractivity contribution >= 4 is 16.7 Å². The maximum atomic E-state index is 13.4. The van der Waals surface area contributed by atoms with Gasteiger partial charge in [0.1, 0.15) is 17.1 Å². The summed E-state index contributed by atoms with van der Waals surface area (Å²) < 4.78 is 24.6. The van der Waals surface area contributed by atoms with Crippen LogP contribution in [0.15, 0.2) is 29.0 Å². The molecule has 4 heterocycles. The predicted octanol–water partition coefficient (Wildman–Crippen LogP) is 3.17. The Morgan fingerprint density at radius 3 is 3.04 bits per heavy atom. The molecular weight excluding hydrogens is 323 g/mol. The number of ether oxygens (including phenoxy) is 1. The largest absolute Gasteiger partial charge is 0.371 e. The van der Waals surface area contributed by atoms with Gasteiger partial charge in [0.15, 0.2) is 0 Å². The van der Waals surface area contributed by atoms with E-state index in [-0.39, 0.29) is 11.9 Å². The van der Waals surface area contributed by atoms with Crippen LogP contribution in [0.4, 0.5) is 10.1 Å². The summed E-state index contributed by atoms with van der Waals surface area (Å²) in [5, 5.41) is 3.95. The number of hydrogen-bond donors (Lipinski definition) is 0. The number of aromatic nitrogens is 3. The number of rotatable bonds is 4. The molecule has 1 aliphatic heterocycles. The molecule has 4 rings (SSSR count). The van der Waals surface area contributed by atoms with E-state index in [2.05, 4.69) is 20.0 Å². The lowest BCUT2D eigenvalue weighted by Crippen LogP contribution is -2.23. The molecule has 1 unspecified atom stereocenters. The highest BCUT2D eigenvalue weighted by atomic mass is 19.1. The third-order valence-corrected chi connectivity index (χ3v) is 4.65. The molecule has 7 heteroatoms. The summed E-state index contributed by atoms with van der Waals surface area (Å²) >= 11 is 0.